The summed E-state index contributed by atoms with van der Waals surface area (Å²) in [7, 11) is 0. The summed E-state index contributed by atoms with van der Waals surface area (Å²) in [5.41, 5.74) is 0.693. The fourth-order valence-corrected chi connectivity index (χ4v) is 2.79. The van der Waals surface area contributed by atoms with Crippen molar-refractivity contribution >= 4 is 11.8 Å². The first-order valence-electron chi connectivity index (χ1n) is 7.13. The minimum atomic E-state index is -0.408. The molecule has 6 nitrogen and oxygen atoms in total. The number of rotatable bonds is 4. The van der Waals surface area contributed by atoms with Crippen LogP contribution in [0.5, 0.6) is 0 Å². The van der Waals surface area contributed by atoms with Crippen LogP contribution in [0.1, 0.15) is 37.6 Å². The molecule has 0 radical (unpaired) electrons. The number of piperazine rings is 1. The molecule has 2 amide bonds. The molecule has 1 aromatic rings. The fraction of sp³-hybridized carbons (Fsp3) is 0.643. The van der Waals surface area contributed by atoms with Crippen LogP contribution < -0.4 is 5.32 Å². The molecule has 1 aliphatic heterocycles. The molecule has 2 heterocycles. The minimum absolute atomic E-state index is 0.0135. The molecule has 2 fully saturated rings. The molecule has 2 atom stereocenters. The normalized spacial score (nSPS) is 26.8. The third-order valence-electron chi connectivity index (χ3n) is 4.01. The molecule has 2 unspecified atom stereocenters. The number of nitrogens with zero attached hydrogens (tertiary/aromatic N) is 2. The zero-order valence-electron chi connectivity index (χ0n) is 11.8. The largest absolute Gasteiger partial charge is 0.361 e. The van der Waals surface area contributed by atoms with Gasteiger partial charge in [-0.25, -0.2) is 0 Å². The maximum atomic E-state index is 12.6. The van der Waals surface area contributed by atoms with E-state index in [4.69, 9.17) is 4.52 Å². The molecule has 2 aliphatic rings. The second-order valence-corrected chi connectivity index (χ2v) is 5.64. The molecule has 1 N–H and O–H groups in total. The summed E-state index contributed by atoms with van der Waals surface area (Å²) in [6, 6.07) is 1.05. The summed E-state index contributed by atoms with van der Waals surface area (Å²) >= 11 is 0. The van der Waals surface area contributed by atoms with Crippen molar-refractivity contribution in [3.05, 3.63) is 17.5 Å². The number of aryl methyl sites for hydroxylation is 1. The summed E-state index contributed by atoms with van der Waals surface area (Å²) in [6.07, 6.45) is 2.64. The zero-order valence-corrected chi connectivity index (χ0v) is 11.8. The fourth-order valence-electron chi connectivity index (χ4n) is 2.79. The lowest BCUT2D eigenvalue weighted by Crippen LogP contribution is -2.63. The Morgan fingerprint density at radius 2 is 2.20 bits per heavy atom. The lowest BCUT2D eigenvalue weighted by molar-refractivity contribution is -0.150. The van der Waals surface area contributed by atoms with E-state index in [0.29, 0.717) is 30.3 Å². The van der Waals surface area contributed by atoms with E-state index in [1.54, 1.807) is 11.0 Å². The monoisotopic (exact) mass is 277 g/mol. The van der Waals surface area contributed by atoms with E-state index in [2.05, 4.69) is 10.5 Å². The summed E-state index contributed by atoms with van der Waals surface area (Å²) in [6.45, 7) is 4.06. The van der Waals surface area contributed by atoms with E-state index in [1.165, 1.54) is 0 Å². The van der Waals surface area contributed by atoms with E-state index < -0.39 is 6.04 Å². The standard InChI is InChI=1S/C14H19N3O3/c1-3-11-13(18)15-12(9-4-5-9)14(19)17(11)7-10-6-8(2)20-16-10/h6,9,11-12H,3-5,7H2,1-2H3,(H,15,18). The SMILES string of the molecule is CCC1C(=O)NC(C2CC2)C(=O)N1Cc1cc(C)on1. The maximum absolute atomic E-state index is 12.6. The molecule has 1 aliphatic carbocycles. The maximum Gasteiger partial charge on any atom is 0.246 e. The predicted molar refractivity (Wildman–Crippen MR) is 70.5 cm³/mol. The van der Waals surface area contributed by atoms with Crippen molar-refractivity contribution in [2.75, 3.05) is 0 Å². The molecule has 108 valence electrons. The van der Waals surface area contributed by atoms with E-state index in [-0.39, 0.29) is 17.9 Å². The number of carbonyl (C=O) groups is 2. The van der Waals surface area contributed by atoms with Gasteiger partial charge < -0.3 is 14.7 Å². The van der Waals surface area contributed by atoms with Crippen LogP contribution in [0.3, 0.4) is 0 Å². The topological polar surface area (TPSA) is 75.4 Å². The van der Waals surface area contributed by atoms with Gasteiger partial charge in [0.1, 0.15) is 23.5 Å². The third kappa shape index (κ3) is 2.30. The Morgan fingerprint density at radius 3 is 2.75 bits per heavy atom. The third-order valence-corrected chi connectivity index (χ3v) is 4.01. The van der Waals surface area contributed by atoms with Crippen molar-refractivity contribution in [3.8, 4) is 0 Å². The van der Waals surface area contributed by atoms with Crippen molar-refractivity contribution < 1.29 is 14.1 Å². The molecule has 0 bridgehead atoms. The van der Waals surface area contributed by atoms with Gasteiger partial charge >= 0.3 is 0 Å². The Kier molecular flexibility index (Phi) is 3.23. The van der Waals surface area contributed by atoms with Gasteiger partial charge in [0, 0.05) is 6.07 Å². The van der Waals surface area contributed by atoms with Crippen LogP contribution in [0.4, 0.5) is 0 Å². The Labute approximate surface area is 117 Å². The van der Waals surface area contributed by atoms with E-state index in [0.717, 1.165) is 12.8 Å². The van der Waals surface area contributed by atoms with E-state index in [1.807, 2.05) is 13.8 Å². The molecule has 3 rings (SSSR count). The smallest absolute Gasteiger partial charge is 0.246 e. The number of nitrogens with one attached hydrogen (secondary N) is 1. The first kappa shape index (κ1) is 13.1. The lowest BCUT2D eigenvalue weighted by atomic mass is 10.0. The van der Waals surface area contributed by atoms with Crippen molar-refractivity contribution in [3.63, 3.8) is 0 Å². The van der Waals surface area contributed by atoms with Gasteiger partial charge in [-0.1, -0.05) is 12.1 Å². The number of aromatic nitrogens is 1. The molecular weight excluding hydrogens is 258 g/mol. The van der Waals surface area contributed by atoms with Gasteiger partial charge in [-0.05, 0) is 32.1 Å². The number of amides is 2. The van der Waals surface area contributed by atoms with Crippen molar-refractivity contribution in [1.29, 1.82) is 0 Å². The molecule has 1 saturated heterocycles. The molecule has 0 spiro atoms. The Morgan fingerprint density at radius 1 is 1.45 bits per heavy atom. The van der Waals surface area contributed by atoms with Crippen LogP contribution in [-0.4, -0.2) is 34.0 Å². The minimum Gasteiger partial charge on any atom is -0.361 e. The van der Waals surface area contributed by atoms with Gasteiger partial charge in [0.05, 0.1) is 6.54 Å². The van der Waals surface area contributed by atoms with Crippen LogP contribution in [0.2, 0.25) is 0 Å². The average molecular weight is 277 g/mol. The highest BCUT2D eigenvalue weighted by atomic mass is 16.5. The Hall–Kier alpha value is -1.85. The zero-order chi connectivity index (χ0) is 14.3. The van der Waals surface area contributed by atoms with E-state index in [9.17, 15) is 9.59 Å². The number of carbonyl (C=O) groups excluding carboxylic acids is 2. The summed E-state index contributed by atoms with van der Waals surface area (Å²) < 4.78 is 5.04. The highest BCUT2D eigenvalue weighted by Gasteiger charge is 2.46. The first-order valence-corrected chi connectivity index (χ1v) is 7.13. The van der Waals surface area contributed by atoms with Gasteiger partial charge in [-0.2, -0.15) is 0 Å². The van der Waals surface area contributed by atoms with Crippen LogP contribution in [-0.2, 0) is 16.1 Å². The highest BCUT2D eigenvalue weighted by Crippen LogP contribution is 2.35. The van der Waals surface area contributed by atoms with Gasteiger partial charge in [-0.15, -0.1) is 0 Å². The van der Waals surface area contributed by atoms with Gasteiger partial charge in [-0.3, -0.25) is 9.59 Å². The van der Waals surface area contributed by atoms with E-state index >= 15 is 0 Å². The van der Waals surface area contributed by atoms with Gasteiger partial charge in [0.15, 0.2) is 0 Å². The molecular formula is C14H19N3O3. The Balaban J connectivity index is 1.82. The van der Waals surface area contributed by atoms with Crippen molar-refractivity contribution in [2.45, 2.75) is 51.7 Å². The van der Waals surface area contributed by atoms with Crippen LogP contribution in [0.25, 0.3) is 0 Å². The van der Waals surface area contributed by atoms with Crippen LogP contribution in [0.15, 0.2) is 10.6 Å². The predicted octanol–water partition coefficient (Wildman–Crippen LogP) is 0.999. The molecule has 0 aromatic carbocycles. The number of hydrogen-bond acceptors (Lipinski definition) is 4. The van der Waals surface area contributed by atoms with Crippen LogP contribution in [0, 0.1) is 12.8 Å². The van der Waals surface area contributed by atoms with Gasteiger partial charge in [0.25, 0.3) is 0 Å². The molecule has 1 saturated carbocycles. The van der Waals surface area contributed by atoms with Crippen molar-refractivity contribution in [2.24, 2.45) is 5.92 Å². The second-order valence-electron chi connectivity index (χ2n) is 5.64. The molecule has 20 heavy (non-hydrogen) atoms. The summed E-state index contributed by atoms with van der Waals surface area (Å²) in [4.78, 5) is 26.4. The molecule has 1 aromatic heterocycles. The first-order chi connectivity index (χ1) is 9.60. The lowest BCUT2D eigenvalue weighted by Gasteiger charge is -2.38. The van der Waals surface area contributed by atoms with Gasteiger partial charge in [0.2, 0.25) is 11.8 Å². The number of hydrogen-bond donors (Lipinski definition) is 1. The van der Waals surface area contributed by atoms with Crippen molar-refractivity contribution in [1.82, 2.24) is 15.4 Å². The Bertz CT molecular complexity index is 536. The highest BCUT2D eigenvalue weighted by molar-refractivity contribution is 5.97. The van der Waals surface area contributed by atoms with Crippen LogP contribution >= 0.6 is 0 Å². The summed E-state index contributed by atoms with van der Waals surface area (Å²) in [5.74, 6) is 0.982. The molecule has 6 heteroatoms. The quantitative estimate of drug-likeness (QED) is 0.890. The average Bonchev–Trinajstić information content (AvgIpc) is 3.17. The second kappa shape index (κ2) is 4.92. The summed E-state index contributed by atoms with van der Waals surface area (Å²) in [5, 5.41) is 6.80.